The Morgan fingerprint density at radius 2 is 1.42 bits per heavy atom. The van der Waals surface area contributed by atoms with E-state index in [1.807, 2.05) is 0 Å². The van der Waals surface area contributed by atoms with E-state index in [-0.39, 0.29) is 23.1 Å². The van der Waals surface area contributed by atoms with Gasteiger partial charge in [-0.05, 0) is 59.6 Å². The van der Waals surface area contributed by atoms with E-state index < -0.39 is 40.6 Å². The van der Waals surface area contributed by atoms with Crippen molar-refractivity contribution >= 4 is 5.97 Å². The van der Waals surface area contributed by atoms with Gasteiger partial charge in [0.05, 0.1) is 0 Å². The predicted octanol–water partition coefficient (Wildman–Crippen LogP) is 8.07. The number of unbranched alkanes of at least 4 members (excludes halogenated alkanes) is 2. The van der Waals surface area contributed by atoms with Gasteiger partial charge >= 0.3 is 5.97 Å². The molecule has 0 spiro atoms. The molecule has 0 heterocycles. The van der Waals surface area contributed by atoms with E-state index in [4.69, 9.17) is 0 Å². The molecule has 7 heteroatoms. The van der Waals surface area contributed by atoms with Gasteiger partial charge < -0.3 is 5.11 Å². The Kier molecular flexibility index (Phi) is 8.49. The predicted molar refractivity (Wildman–Crippen MR) is 117 cm³/mol. The van der Waals surface area contributed by atoms with Crippen molar-refractivity contribution in [2.24, 2.45) is 11.8 Å². The van der Waals surface area contributed by atoms with Crippen LogP contribution in [-0.2, 0) is 6.42 Å². The zero-order chi connectivity index (χ0) is 24.1. The standard InChI is InChI=1S/C26H29F5O2/c1-2-3-4-5-15-6-8-16(9-7-15)10-11-18-19(14-20(27)23(24(18)30)26(32)33)17-12-21(28)25(31)22(29)13-17/h12-16H,2-11H2,1H3,(H,32,33). The SMILES string of the molecule is CCCCCC1CCC(CCc2c(-c3cc(F)c(F)c(F)c3)cc(F)c(C(=O)O)c2F)CC1. The maximum Gasteiger partial charge on any atom is 0.341 e. The first-order valence-electron chi connectivity index (χ1n) is 11.6. The van der Waals surface area contributed by atoms with Crippen LogP contribution < -0.4 is 0 Å². The number of carboxylic acids is 1. The molecule has 0 saturated heterocycles. The molecule has 1 aliphatic carbocycles. The molecule has 0 aliphatic heterocycles. The third-order valence-electron chi connectivity index (χ3n) is 6.81. The molecule has 0 unspecified atom stereocenters. The molecule has 180 valence electrons. The summed E-state index contributed by atoms with van der Waals surface area (Å²) in [5, 5.41) is 9.24. The number of carbonyl (C=O) groups is 1. The second kappa shape index (κ2) is 11.1. The summed E-state index contributed by atoms with van der Waals surface area (Å²) in [6.07, 6.45) is 9.59. The van der Waals surface area contributed by atoms with Gasteiger partial charge in [0.1, 0.15) is 17.2 Å². The topological polar surface area (TPSA) is 37.3 Å². The van der Waals surface area contributed by atoms with Crippen LogP contribution >= 0.6 is 0 Å². The molecular weight excluding hydrogens is 439 g/mol. The first-order valence-corrected chi connectivity index (χ1v) is 11.6. The number of halogens is 5. The highest BCUT2D eigenvalue weighted by atomic mass is 19.2. The molecule has 2 aromatic carbocycles. The third kappa shape index (κ3) is 5.92. The average molecular weight is 469 g/mol. The van der Waals surface area contributed by atoms with Crippen LogP contribution in [0.1, 0.15) is 80.6 Å². The Hall–Kier alpha value is -2.44. The second-order valence-electron chi connectivity index (χ2n) is 9.05. The lowest BCUT2D eigenvalue weighted by molar-refractivity contribution is 0.0686. The van der Waals surface area contributed by atoms with Crippen LogP contribution in [0.3, 0.4) is 0 Å². The molecule has 0 bridgehead atoms. The summed E-state index contributed by atoms with van der Waals surface area (Å²) in [4.78, 5) is 11.4. The first-order chi connectivity index (χ1) is 15.7. The van der Waals surface area contributed by atoms with Crippen LogP contribution in [0, 0.1) is 40.9 Å². The van der Waals surface area contributed by atoms with E-state index in [9.17, 15) is 27.5 Å². The quantitative estimate of drug-likeness (QED) is 0.230. The molecule has 0 atom stereocenters. The summed E-state index contributed by atoms with van der Waals surface area (Å²) < 4.78 is 70.5. The van der Waals surface area contributed by atoms with Gasteiger partial charge in [-0.1, -0.05) is 58.3 Å². The van der Waals surface area contributed by atoms with E-state index in [1.54, 1.807) is 0 Å². The van der Waals surface area contributed by atoms with Crippen molar-refractivity contribution < 1.29 is 31.9 Å². The maximum absolute atomic E-state index is 15.1. The van der Waals surface area contributed by atoms with Crippen LogP contribution in [0.15, 0.2) is 18.2 Å². The molecule has 2 nitrogen and oxygen atoms in total. The van der Waals surface area contributed by atoms with Crippen LogP contribution in [-0.4, -0.2) is 11.1 Å². The molecule has 0 aromatic heterocycles. The fourth-order valence-corrected chi connectivity index (χ4v) is 4.91. The number of aromatic carboxylic acids is 1. The van der Waals surface area contributed by atoms with E-state index in [0.717, 1.165) is 31.7 Å². The molecule has 2 aromatic rings. The maximum atomic E-state index is 15.1. The minimum Gasteiger partial charge on any atom is -0.477 e. The number of rotatable bonds is 9. The van der Waals surface area contributed by atoms with Gasteiger partial charge in [-0.25, -0.2) is 26.7 Å². The Bertz CT molecular complexity index is 974. The van der Waals surface area contributed by atoms with Crippen molar-refractivity contribution in [2.75, 3.05) is 0 Å². The Balaban J connectivity index is 1.83. The first kappa shape index (κ1) is 25.2. The normalized spacial score (nSPS) is 18.5. The highest BCUT2D eigenvalue weighted by Crippen LogP contribution is 2.37. The lowest BCUT2D eigenvalue weighted by Crippen LogP contribution is -2.16. The summed E-state index contributed by atoms with van der Waals surface area (Å²) >= 11 is 0. The molecule has 33 heavy (non-hydrogen) atoms. The van der Waals surface area contributed by atoms with E-state index in [0.29, 0.717) is 30.4 Å². The highest BCUT2D eigenvalue weighted by molar-refractivity contribution is 5.90. The summed E-state index contributed by atoms with van der Waals surface area (Å²) in [7, 11) is 0. The average Bonchev–Trinajstić information content (AvgIpc) is 2.77. The summed E-state index contributed by atoms with van der Waals surface area (Å²) in [6.45, 7) is 2.17. The third-order valence-corrected chi connectivity index (χ3v) is 6.81. The van der Waals surface area contributed by atoms with Gasteiger partial charge in [-0.15, -0.1) is 0 Å². The number of hydrogen-bond donors (Lipinski definition) is 1. The van der Waals surface area contributed by atoms with Crippen LogP contribution in [0.25, 0.3) is 11.1 Å². The molecule has 1 N–H and O–H groups in total. The largest absolute Gasteiger partial charge is 0.477 e. The summed E-state index contributed by atoms with van der Waals surface area (Å²) in [6, 6.07) is 2.09. The second-order valence-corrected chi connectivity index (χ2v) is 9.05. The molecule has 1 fully saturated rings. The van der Waals surface area contributed by atoms with Crippen molar-refractivity contribution in [3.8, 4) is 11.1 Å². The smallest absolute Gasteiger partial charge is 0.341 e. The number of benzene rings is 2. The molecule has 0 amide bonds. The molecule has 0 radical (unpaired) electrons. The van der Waals surface area contributed by atoms with Gasteiger partial charge in [0.25, 0.3) is 0 Å². The van der Waals surface area contributed by atoms with Crippen LogP contribution in [0.4, 0.5) is 22.0 Å². The van der Waals surface area contributed by atoms with Crippen molar-refractivity contribution in [3.05, 3.63) is 58.4 Å². The van der Waals surface area contributed by atoms with Gasteiger partial charge in [-0.3, -0.25) is 0 Å². The van der Waals surface area contributed by atoms with E-state index in [2.05, 4.69) is 6.92 Å². The summed E-state index contributed by atoms with van der Waals surface area (Å²) in [5.41, 5.74) is -1.63. The van der Waals surface area contributed by atoms with Crippen LogP contribution in [0.5, 0.6) is 0 Å². The van der Waals surface area contributed by atoms with Gasteiger partial charge in [0, 0.05) is 0 Å². The zero-order valence-electron chi connectivity index (χ0n) is 18.7. The van der Waals surface area contributed by atoms with Crippen molar-refractivity contribution in [3.63, 3.8) is 0 Å². The van der Waals surface area contributed by atoms with E-state index in [1.165, 1.54) is 25.7 Å². The minimum atomic E-state index is -1.76. The van der Waals surface area contributed by atoms with Gasteiger partial charge in [0.2, 0.25) is 0 Å². The minimum absolute atomic E-state index is 0.0908. The molecule has 1 saturated carbocycles. The van der Waals surface area contributed by atoms with Crippen LogP contribution in [0.2, 0.25) is 0 Å². The lowest BCUT2D eigenvalue weighted by atomic mass is 9.77. The van der Waals surface area contributed by atoms with Gasteiger partial charge in [-0.2, -0.15) is 0 Å². The van der Waals surface area contributed by atoms with Gasteiger partial charge in [0.15, 0.2) is 17.5 Å². The fourth-order valence-electron chi connectivity index (χ4n) is 4.91. The zero-order valence-corrected chi connectivity index (χ0v) is 18.7. The molecule has 3 rings (SSSR count). The fraction of sp³-hybridized carbons (Fsp3) is 0.500. The number of hydrogen-bond acceptors (Lipinski definition) is 1. The Labute approximate surface area is 190 Å². The monoisotopic (exact) mass is 468 g/mol. The van der Waals surface area contributed by atoms with Crippen molar-refractivity contribution in [1.82, 2.24) is 0 Å². The molecule has 1 aliphatic rings. The Morgan fingerprint density at radius 1 is 0.848 bits per heavy atom. The Morgan fingerprint density at radius 3 is 1.97 bits per heavy atom. The molecular formula is C26H29F5O2. The summed E-state index contributed by atoms with van der Waals surface area (Å²) in [5.74, 6) is -8.02. The highest BCUT2D eigenvalue weighted by Gasteiger charge is 2.27. The van der Waals surface area contributed by atoms with Crippen molar-refractivity contribution in [2.45, 2.75) is 71.1 Å². The van der Waals surface area contributed by atoms with E-state index >= 15 is 4.39 Å². The lowest BCUT2D eigenvalue weighted by Gasteiger charge is -2.29. The van der Waals surface area contributed by atoms with Crippen molar-refractivity contribution in [1.29, 1.82) is 0 Å². The number of carboxylic acid groups (broad SMARTS) is 1.